The summed E-state index contributed by atoms with van der Waals surface area (Å²) in [6, 6.07) is 8.33. The van der Waals surface area contributed by atoms with E-state index in [9.17, 15) is 4.79 Å². The van der Waals surface area contributed by atoms with E-state index in [2.05, 4.69) is 10.3 Å². The summed E-state index contributed by atoms with van der Waals surface area (Å²) in [6.07, 6.45) is 4.54. The monoisotopic (exact) mass is 286 g/mol. The van der Waals surface area contributed by atoms with Crippen LogP contribution in [0.25, 0.3) is 0 Å². The van der Waals surface area contributed by atoms with Gasteiger partial charge in [-0.05, 0) is 37.3 Å². The largest absolute Gasteiger partial charge is 0.370 e. The first-order valence-corrected chi connectivity index (χ1v) is 7.67. The van der Waals surface area contributed by atoms with Gasteiger partial charge in [0.1, 0.15) is 0 Å². The van der Waals surface area contributed by atoms with Gasteiger partial charge in [0.05, 0.1) is 6.54 Å². The van der Waals surface area contributed by atoms with Crippen LogP contribution in [0.1, 0.15) is 35.2 Å². The average molecular weight is 286 g/mol. The van der Waals surface area contributed by atoms with Crippen molar-refractivity contribution in [2.24, 2.45) is 10.7 Å². The molecule has 0 radical (unpaired) electrons. The number of aliphatic imine (C=N–C) groups is 1. The predicted octanol–water partition coefficient (Wildman–Crippen LogP) is 1.14. The third kappa shape index (κ3) is 3.17. The average Bonchev–Trinajstić information content (AvgIpc) is 2.46. The van der Waals surface area contributed by atoms with Crippen molar-refractivity contribution in [1.29, 1.82) is 0 Å². The fourth-order valence-electron chi connectivity index (χ4n) is 2.79. The minimum absolute atomic E-state index is 0.109. The number of hydrogen-bond acceptors (Lipinski definition) is 2. The Bertz CT molecular complexity index is 551. The van der Waals surface area contributed by atoms with Crippen LogP contribution in [0.15, 0.2) is 29.3 Å². The van der Waals surface area contributed by atoms with E-state index in [1.807, 2.05) is 29.2 Å². The van der Waals surface area contributed by atoms with Crippen LogP contribution in [0.4, 0.5) is 0 Å². The van der Waals surface area contributed by atoms with E-state index in [0.717, 1.165) is 24.1 Å². The van der Waals surface area contributed by atoms with Crippen LogP contribution >= 0.6 is 0 Å². The second-order valence-corrected chi connectivity index (χ2v) is 5.74. The quantitative estimate of drug-likeness (QED) is 0.644. The Kier molecular flexibility index (Phi) is 4.08. The fraction of sp³-hybridized carbons (Fsp3) is 0.500. The number of rotatable bonds is 4. The lowest BCUT2D eigenvalue weighted by molar-refractivity contribution is 0.0745. The molecule has 1 aromatic rings. The van der Waals surface area contributed by atoms with Crippen molar-refractivity contribution >= 4 is 11.9 Å². The summed E-state index contributed by atoms with van der Waals surface area (Å²) >= 11 is 0. The van der Waals surface area contributed by atoms with E-state index in [0.29, 0.717) is 25.1 Å². The summed E-state index contributed by atoms with van der Waals surface area (Å²) in [5, 5.41) is 3.21. The number of amides is 1. The maximum Gasteiger partial charge on any atom is 0.254 e. The molecule has 1 aliphatic carbocycles. The number of carbonyl (C=O) groups is 1. The van der Waals surface area contributed by atoms with Crippen LogP contribution in [0.2, 0.25) is 0 Å². The minimum Gasteiger partial charge on any atom is -0.370 e. The summed E-state index contributed by atoms with van der Waals surface area (Å²) in [6.45, 7) is 1.95. The standard InChI is InChI=1S/C16H22N4O/c17-16(19-13-5-3-6-13)18-9-11-20-10-8-12-4-1-2-7-14(12)15(20)21/h1-2,4,7,13H,3,5-6,8-11H2,(H3,17,18,19). The van der Waals surface area contributed by atoms with E-state index in [-0.39, 0.29) is 5.91 Å². The second-order valence-electron chi connectivity index (χ2n) is 5.74. The normalized spacial score (nSPS) is 19.1. The fourth-order valence-corrected chi connectivity index (χ4v) is 2.79. The lowest BCUT2D eigenvalue weighted by Gasteiger charge is -2.28. The predicted molar refractivity (Wildman–Crippen MR) is 83.3 cm³/mol. The molecular weight excluding hydrogens is 264 g/mol. The summed E-state index contributed by atoms with van der Waals surface area (Å²) in [7, 11) is 0. The minimum atomic E-state index is 0.109. The molecule has 112 valence electrons. The van der Waals surface area contributed by atoms with Crippen molar-refractivity contribution in [2.45, 2.75) is 31.7 Å². The topological polar surface area (TPSA) is 70.7 Å². The summed E-state index contributed by atoms with van der Waals surface area (Å²) in [4.78, 5) is 18.5. The molecule has 1 saturated carbocycles. The zero-order valence-electron chi connectivity index (χ0n) is 12.2. The maximum absolute atomic E-state index is 12.4. The van der Waals surface area contributed by atoms with Crippen LogP contribution < -0.4 is 11.1 Å². The van der Waals surface area contributed by atoms with Gasteiger partial charge in [0.2, 0.25) is 0 Å². The van der Waals surface area contributed by atoms with E-state index >= 15 is 0 Å². The number of benzene rings is 1. The number of guanidine groups is 1. The molecule has 5 nitrogen and oxygen atoms in total. The Morgan fingerprint density at radius 2 is 2.19 bits per heavy atom. The molecule has 1 aliphatic heterocycles. The van der Waals surface area contributed by atoms with Crippen molar-refractivity contribution in [2.75, 3.05) is 19.6 Å². The number of fused-ring (bicyclic) bond motifs is 1. The van der Waals surface area contributed by atoms with Crippen LogP contribution in [0.3, 0.4) is 0 Å². The first kappa shape index (κ1) is 13.9. The highest BCUT2D eigenvalue weighted by Crippen LogP contribution is 2.18. The molecule has 1 fully saturated rings. The van der Waals surface area contributed by atoms with Crippen LogP contribution in [-0.4, -0.2) is 42.4 Å². The number of nitrogens with one attached hydrogen (secondary N) is 1. The van der Waals surface area contributed by atoms with Gasteiger partial charge in [0, 0.05) is 24.7 Å². The lowest BCUT2D eigenvalue weighted by Crippen LogP contribution is -2.44. The maximum atomic E-state index is 12.4. The molecule has 0 saturated heterocycles. The molecule has 0 atom stereocenters. The molecule has 0 unspecified atom stereocenters. The number of nitrogens with two attached hydrogens (primary N) is 1. The second kappa shape index (κ2) is 6.16. The smallest absolute Gasteiger partial charge is 0.254 e. The van der Waals surface area contributed by atoms with Crippen molar-refractivity contribution in [3.8, 4) is 0 Å². The summed E-state index contributed by atoms with van der Waals surface area (Å²) < 4.78 is 0. The Morgan fingerprint density at radius 1 is 1.38 bits per heavy atom. The van der Waals surface area contributed by atoms with Crippen LogP contribution in [0.5, 0.6) is 0 Å². The molecule has 0 aromatic heterocycles. The van der Waals surface area contributed by atoms with Gasteiger partial charge in [-0.1, -0.05) is 18.2 Å². The van der Waals surface area contributed by atoms with Gasteiger partial charge < -0.3 is 16.0 Å². The zero-order valence-corrected chi connectivity index (χ0v) is 12.2. The Morgan fingerprint density at radius 3 is 2.95 bits per heavy atom. The number of hydrogen-bond donors (Lipinski definition) is 2. The lowest BCUT2D eigenvalue weighted by atomic mass is 9.93. The number of carbonyl (C=O) groups excluding carboxylic acids is 1. The van der Waals surface area contributed by atoms with Gasteiger partial charge >= 0.3 is 0 Å². The molecular formula is C16H22N4O. The van der Waals surface area contributed by atoms with Gasteiger partial charge in [0.15, 0.2) is 5.96 Å². The Hall–Kier alpha value is -2.04. The van der Waals surface area contributed by atoms with Gasteiger partial charge in [-0.3, -0.25) is 9.79 Å². The SMILES string of the molecule is NC(=NCCN1CCc2ccccc2C1=O)NC1CCC1. The van der Waals surface area contributed by atoms with E-state index in [4.69, 9.17) is 5.73 Å². The zero-order chi connectivity index (χ0) is 14.7. The van der Waals surface area contributed by atoms with Crippen molar-refractivity contribution in [3.63, 3.8) is 0 Å². The molecule has 2 aliphatic rings. The van der Waals surface area contributed by atoms with Gasteiger partial charge in [-0.15, -0.1) is 0 Å². The number of nitrogens with zero attached hydrogens (tertiary/aromatic N) is 2. The van der Waals surface area contributed by atoms with Gasteiger partial charge in [-0.2, -0.15) is 0 Å². The van der Waals surface area contributed by atoms with Gasteiger partial charge in [0.25, 0.3) is 5.91 Å². The first-order valence-electron chi connectivity index (χ1n) is 7.67. The molecule has 3 N–H and O–H groups in total. The molecule has 1 amide bonds. The highest BCUT2D eigenvalue weighted by Gasteiger charge is 2.23. The molecule has 1 heterocycles. The molecule has 3 rings (SSSR count). The molecule has 1 aromatic carbocycles. The van der Waals surface area contributed by atoms with Crippen molar-refractivity contribution in [3.05, 3.63) is 35.4 Å². The molecule has 0 spiro atoms. The van der Waals surface area contributed by atoms with E-state index in [1.165, 1.54) is 19.3 Å². The molecule has 5 heteroatoms. The van der Waals surface area contributed by atoms with Crippen molar-refractivity contribution in [1.82, 2.24) is 10.2 Å². The summed E-state index contributed by atoms with van der Waals surface area (Å²) in [5.41, 5.74) is 7.82. The van der Waals surface area contributed by atoms with E-state index in [1.54, 1.807) is 0 Å². The highest BCUT2D eigenvalue weighted by molar-refractivity contribution is 5.96. The van der Waals surface area contributed by atoms with Crippen LogP contribution in [0, 0.1) is 0 Å². The third-order valence-corrected chi connectivity index (χ3v) is 4.30. The van der Waals surface area contributed by atoms with Crippen LogP contribution in [-0.2, 0) is 6.42 Å². The Labute approximate surface area is 125 Å². The molecule has 0 bridgehead atoms. The third-order valence-electron chi connectivity index (χ3n) is 4.30. The molecule has 21 heavy (non-hydrogen) atoms. The van der Waals surface area contributed by atoms with E-state index < -0.39 is 0 Å². The highest BCUT2D eigenvalue weighted by atomic mass is 16.2. The summed E-state index contributed by atoms with van der Waals surface area (Å²) in [5.74, 6) is 0.613. The van der Waals surface area contributed by atoms with Gasteiger partial charge in [-0.25, -0.2) is 0 Å². The first-order chi connectivity index (χ1) is 10.2. The Balaban J connectivity index is 1.52. The van der Waals surface area contributed by atoms with Crippen molar-refractivity contribution < 1.29 is 4.79 Å².